The molecule has 0 saturated heterocycles. The van der Waals surface area contributed by atoms with E-state index in [0.29, 0.717) is 0 Å². The topological polar surface area (TPSA) is 11.4 Å². The van der Waals surface area contributed by atoms with Gasteiger partial charge >= 0.3 is 0 Å². The van der Waals surface area contributed by atoms with Crippen molar-refractivity contribution < 1.29 is 0 Å². The molecule has 0 spiro atoms. The van der Waals surface area contributed by atoms with E-state index in [9.17, 15) is 0 Å². The van der Waals surface area contributed by atoms with Gasteiger partial charge in [-0.05, 0) is 139 Å². The highest BCUT2D eigenvalue weighted by atomic mass is 15.2. The van der Waals surface area contributed by atoms with E-state index >= 15 is 0 Å². The number of hydrogen-bond donors (Lipinski definition) is 0. The first-order valence-corrected chi connectivity index (χ1v) is 22.4. The third-order valence-corrected chi connectivity index (χ3v) is 13.8. The molecule has 0 radical (unpaired) electrons. The maximum Gasteiger partial charge on any atom is 0.0542 e. The molecule has 0 aliphatic carbocycles. The second-order valence-electron chi connectivity index (χ2n) is 17.3. The summed E-state index contributed by atoms with van der Waals surface area (Å²) in [6.07, 6.45) is 0. The van der Waals surface area contributed by atoms with Gasteiger partial charge in [0, 0.05) is 50.0 Å². The number of para-hydroxylation sites is 3. The average Bonchev–Trinajstić information content (AvgIpc) is 3.70. The van der Waals surface area contributed by atoms with Crippen LogP contribution in [0.3, 0.4) is 0 Å². The average molecular weight is 826 g/mol. The standard InChI is InChI=1S/C62H39N3/c1-4-16-46(17-5-1)63(55-34-28-44-24-22-40-12-10-14-42-26-32-51(55)61(44)59(40)42)49-30-36-57-53(38-49)54-39-50(31-37-58(54)65(57)48-20-8-3-9-21-48)64(47-18-6-2-7-19-47)56-35-29-45-25-23-41-13-11-15-43-27-33-52(56)62(45)60(41)43/h1-39H. The van der Waals surface area contributed by atoms with E-state index in [-0.39, 0.29) is 0 Å². The van der Waals surface area contributed by atoms with Crippen molar-refractivity contribution in [2.45, 2.75) is 0 Å². The molecule has 1 aromatic heterocycles. The summed E-state index contributed by atoms with van der Waals surface area (Å²) >= 11 is 0. The molecule has 0 amide bonds. The second kappa shape index (κ2) is 13.9. The molecule has 0 aliphatic rings. The van der Waals surface area contributed by atoms with Gasteiger partial charge in [0.05, 0.1) is 22.4 Å². The number of hydrogen-bond acceptors (Lipinski definition) is 2. The minimum absolute atomic E-state index is 1.10. The summed E-state index contributed by atoms with van der Waals surface area (Å²) in [6.45, 7) is 0. The predicted molar refractivity (Wildman–Crippen MR) is 278 cm³/mol. The Labute approximate surface area is 375 Å². The van der Waals surface area contributed by atoms with Crippen LogP contribution in [-0.4, -0.2) is 4.57 Å². The van der Waals surface area contributed by atoms with Crippen LogP contribution in [-0.2, 0) is 0 Å². The van der Waals surface area contributed by atoms with Gasteiger partial charge in [0.2, 0.25) is 0 Å². The summed E-state index contributed by atoms with van der Waals surface area (Å²) in [4.78, 5) is 4.89. The molecule has 0 atom stereocenters. The highest BCUT2D eigenvalue weighted by Gasteiger charge is 2.23. The normalized spacial score (nSPS) is 12.0. The van der Waals surface area contributed by atoms with Crippen molar-refractivity contribution in [3.8, 4) is 5.69 Å². The Hall–Kier alpha value is -8.66. The molecule has 3 heteroatoms. The van der Waals surface area contributed by atoms with E-state index in [1.807, 2.05) is 0 Å². The van der Waals surface area contributed by atoms with Crippen molar-refractivity contribution in [2.24, 2.45) is 0 Å². The molecule has 302 valence electrons. The molecule has 0 fully saturated rings. The van der Waals surface area contributed by atoms with Crippen LogP contribution < -0.4 is 9.80 Å². The molecule has 0 unspecified atom stereocenters. The van der Waals surface area contributed by atoms with E-state index in [0.717, 1.165) is 50.8 Å². The van der Waals surface area contributed by atoms with Crippen LogP contribution >= 0.6 is 0 Å². The van der Waals surface area contributed by atoms with Crippen molar-refractivity contribution in [2.75, 3.05) is 9.80 Å². The number of nitrogens with zero attached hydrogens (tertiary/aromatic N) is 3. The van der Waals surface area contributed by atoms with Gasteiger partial charge < -0.3 is 14.4 Å². The Morgan fingerprint density at radius 3 is 1.05 bits per heavy atom. The van der Waals surface area contributed by atoms with Crippen molar-refractivity contribution >= 4 is 121 Å². The SMILES string of the molecule is c1ccc(N(c2ccc3c(c2)c2cc(N(c4ccccc4)c4ccc5ccc6cccc7ccc4c5c67)ccc2n3-c2ccccc2)c2ccc3ccc4cccc5ccc2c3c45)cc1. The molecule has 3 nitrogen and oxygen atoms in total. The molecule has 0 bridgehead atoms. The third kappa shape index (κ3) is 5.36. The lowest BCUT2D eigenvalue weighted by atomic mass is 9.93. The van der Waals surface area contributed by atoms with Crippen LogP contribution in [0.25, 0.3) is 92.1 Å². The van der Waals surface area contributed by atoms with Gasteiger partial charge in [-0.1, -0.05) is 152 Å². The van der Waals surface area contributed by atoms with Crippen molar-refractivity contribution in [1.82, 2.24) is 4.57 Å². The molecule has 1 heterocycles. The fourth-order valence-corrected chi connectivity index (χ4v) is 11.0. The Balaban J connectivity index is 1.03. The minimum atomic E-state index is 1.10. The third-order valence-electron chi connectivity index (χ3n) is 13.8. The quantitative estimate of drug-likeness (QED) is 0.148. The Bertz CT molecular complexity index is 3840. The molecule has 65 heavy (non-hydrogen) atoms. The molecule has 0 N–H and O–H groups in total. The van der Waals surface area contributed by atoms with E-state index < -0.39 is 0 Å². The van der Waals surface area contributed by atoms with Gasteiger partial charge in [0.15, 0.2) is 0 Å². The molecular weight excluding hydrogens is 787 g/mol. The van der Waals surface area contributed by atoms with Gasteiger partial charge in [-0.2, -0.15) is 0 Å². The fraction of sp³-hybridized carbons (Fsp3) is 0. The first-order valence-electron chi connectivity index (χ1n) is 22.4. The van der Waals surface area contributed by atoms with Gasteiger partial charge in [0.25, 0.3) is 0 Å². The smallest absolute Gasteiger partial charge is 0.0542 e. The summed E-state index contributed by atoms with van der Waals surface area (Å²) < 4.78 is 2.42. The molecule has 0 aliphatic heterocycles. The highest BCUT2D eigenvalue weighted by molar-refractivity contribution is 6.27. The van der Waals surface area contributed by atoms with Crippen molar-refractivity contribution in [3.05, 3.63) is 237 Å². The molecular formula is C62H39N3. The zero-order valence-corrected chi connectivity index (χ0v) is 35.4. The summed E-state index contributed by atoms with van der Waals surface area (Å²) in [5, 5.41) is 17.6. The minimum Gasteiger partial charge on any atom is -0.310 e. The maximum atomic E-state index is 2.45. The monoisotopic (exact) mass is 825 g/mol. The van der Waals surface area contributed by atoms with Gasteiger partial charge in [0.1, 0.15) is 0 Å². The fourth-order valence-electron chi connectivity index (χ4n) is 11.0. The number of anilines is 6. The molecule has 0 saturated carbocycles. The number of rotatable bonds is 7. The van der Waals surface area contributed by atoms with Crippen molar-refractivity contribution in [3.63, 3.8) is 0 Å². The molecule has 14 aromatic rings. The summed E-state index contributed by atoms with van der Waals surface area (Å²) in [6, 6.07) is 87.2. The highest BCUT2D eigenvalue weighted by Crippen LogP contribution is 2.48. The largest absolute Gasteiger partial charge is 0.310 e. The summed E-state index contributed by atoms with van der Waals surface area (Å²) in [5.74, 6) is 0. The van der Waals surface area contributed by atoms with Gasteiger partial charge in [-0.25, -0.2) is 0 Å². The van der Waals surface area contributed by atoms with Crippen LogP contribution in [0.4, 0.5) is 34.1 Å². The number of aromatic nitrogens is 1. The first-order chi connectivity index (χ1) is 32.2. The Morgan fingerprint density at radius 2 is 0.615 bits per heavy atom. The van der Waals surface area contributed by atoms with E-state index in [2.05, 4.69) is 251 Å². The predicted octanol–water partition coefficient (Wildman–Crippen LogP) is 17.5. The van der Waals surface area contributed by atoms with E-state index in [1.165, 1.54) is 75.4 Å². The maximum absolute atomic E-state index is 2.45. The lowest BCUT2D eigenvalue weighted by molar-refractivity contribution is 1.18. The van der Waals surface area contributed by atoms with E-state index in [1.54, 1.807) is 0 Å². The van der Waals surface area contributed by atoms with E-state index in [4.69, 9.17) is 0 Å². The molecule has 13 aromatic carbocycles. The molecule has 14 rings (SSSR count). The second-order valence-corrected chi connectivity index (χ2v) is 17.3. The van der Waals surface area contributed by atoms with Gasteiger partial charge in [-0.3, -0.25) is 0 Å². The van der Waals surface area contributed by atoms with Crippen LogP contribution in [0.5, 0.6) is 0 Å². The summed E-state index contributed by atoms with van der Waals surface area (Å²) in [5.41, 5.74) is 10.2. The van der Waals surface area contributed by atoms with Crippen LogP contribution in [0, 0.1) is 0 Å². The van der Waals surface area contributed by atoms with Gasteiger partial charge in [-0.15, -0.1) is 0 Å². The lowest BCUT2D eigenvalue weighted by Crippen LogP contribution is -2.10. The van der Waals surface area contributed by atoms with Crippen LogP contribution in [0.2, 0.25) is 0 Å². The number of fused-ring (bicyclic) bond motifs is 3. The zero-order chi connectivity index (χ0) is 42.6. The van der Waals surface area contributed by atoms with Crippen LogP contribution in [0.1, 0.15) is 0 Å². The number of benzene rings is 13. The van der Waals surface area contributed by atoms with Crippen LogP contribution in [0.15, 0.2) is 237 Å². The first kappa shape index (κ1) is 35.9. The summed E-state index contributed by atoms with van der Waals surface area (Å²) in [7, 11) is 0. The Morgan fingerprint density at radius 1 is 0.246 bits per heavy atom. The zero-order valence-electron chi connectivity index (χ0n) is 35.4. The lowest BCUT2D eigenvalue weighted by Gasteiger charge is -2.28. The Kier molecular flexibility index (Phi) is 7.69. The van der Waals surface area contributed by atoms with Crippen molar-refractivity contribution in [1.29, 1.82) is 0 Å².